The van der Waals surface area contributed by atoms with E-state index in [2.05, 4.69) is 112 Å². The number of nitrogens with zero attached hydrogens (tertiary/aromatic N) is 3. The van der Waals surface area contributed by atoms with Gasteiger partial charge in [0.1, 0.15) is 5.82 Å². The molecule has 1 aromatic heterocycles. The Labute approximate surface area is 279 Å². The summed E-state index contributed by atoms with van der Waals surface area (Å²) in [6.07, 6.45) is 19.1. The van der Waals surface area contributed by atoms with Crippen LogP contribution in [-0.2, 0) is 32.2 Å². The highest BCUT2D eigenvalue weighted by Gasteiger charge is 2.24. The molecule has 0 radical (unpaired) electrons. The third kappa shape index (κ3) is 10.5. The van der Waals surface area contributed by atoms with Gasteiger partial charge in [0.15, 0.2) is 0 Å². The Morgan fingerprint density at radius 3 is 2.30 bits per heavy atom. The fourth-order valence-corrected chi connectivity index (χ4v) is 6.14. The summed E-state index contributed by atoms with van der Waals surface area (Å²) in [5.74, 6) is 0.747. The zero-order valence-corrected chi connectivity index (χ0v) is 29.0. The van der Waals surface area contributed by atoms with Crippen LogP contribution in [0.25, 0.3) is 11.1 Å². The topological polar surface area (TPSA) is 19.4 Å². The van der Waals surface area contributed by atoms with E-state index in [1.54, 1.807) is 0 Å². The van der Waals surface area contributed by atoms with Crippen molar-refractivity contribution in [3.05, 3.63) is 113 Å². The van der Waals surface area contributed by atoms with Crippen LogP contribution in [0.5, 0.6) is 0 Å². The first-order valence-corrected chi connectivity index (χ1v) is 17.1. The highest BCUT2D eigenvalue weighted by molar-refractivity contribution is 5.69. The van der Waals surface area contributed by atoms with Crippen molar-refractivity contribution >= 4 is 0 Å². The molecule has 6 rings (SSSR count). The van der Waals surface area contributed by atoms with Gasteiger partial charge in [-0.3, -0.25) is 9.88 Å². The van der Waals surface area contributed by atoms with Gasteiger partial charge in [-0.2, -0.15) is 0 Å². The lowest BCUT2D eigenvalue weighted by Crippen LogP contribution is -2.43. The lowest BCUT2D eigenvalue weighted by atomic mass is 9.78. The average molecular weight is 622 g/mol. The number of piperazine rings is 1. The normalized spacial score (nSPS) is 17.8. The number of fused-ring (bicyclic) bond motifs is 1. The molecule has 0 bridgehead atoms. The summed E-state index contributed by atoms with van der Waals surface area (Å²) in [4.78, 5) is 9.19. The molecule has 2 aromatic carbocycles. The average Bonchev–Trinajstić information content (AvgIpc) is 3.98. The standard InChI is InChI=1S/C35H44FN3.C3H6.C2H4.C2H2/c1-6-32-21-34(35(36)22-37-32)33-12-11-29(20-31(33)23-39-15-13-38(5)14-16-39)28-10-9-27-8-7-26(18-30(27)19-28)17-25(4)24(2)3;1-2-3-1;2*1-2/h7-8,11-12,18,20-22,25,28H,2,6,9-10,13-17,19,23H2,1,3-5H3;1-3H2;1-2H2;1-2H. The van der Waals surface area contributed by atoms with Crippen LogP contribution in [0.3, 0.4) is 0 Å². The number of allylic oxidation sites excluding steroid dienone is 1. The summed E-state index contributed by atoms with van der Waals surface area (Å²) in [7, 11) is 2.19. The Hall–Kier alpha value is -3.52. The predicted molar refractivity (Wildman–Crippen MR) is 196 cm³/mol. The predicted octanol–water partition coefficient (Wildman–Crippen LogP) is 9.45. The van der Waals surface area contributed by atoms with E-state index >= 15 is 4.39 Å². The van der Waals surface area contributed by atoms with Crippen molar-refractivity contribution in [1.82, 2.24) is 14.8 Å². The van der Waals surface area contributed by atoms with Crippen LogP contribution >= 0.6 is 0 Å². The van der Waals surface area contributed by atoms with E-state index < -0.39 is 0 Å². The molecule has 3 nitrogen and oxygen atoms in total. The van der Waals surface area contributed by atoms with Crippen LogP contribution in [0.15, 0.2) is 74.0 Å². The molecule has 1 aliphatic heterocycles. The number of hydrogen-bond acceptors (Lipinski definition) is 3. The minimum Gasteiger partial charge on any atom is -0.304 e. The summed E-state index contributed by atoms with van der Waals surface area (Å²) in [6, 6.07) is 15.9. The molecular weight excluding hydrogens is 565 g/mol. The van der Waals surface area contributed by atoms with E-state index in [1.807, 2.05) is 6.07 Å². The van der Waals surface area contributed by atoms with Gasteiger partial charge in [-0.25, -0.2) is 4.39 Å². The van der Waals surface area contributed by atoms with E-state index in [0.717, 1.165) is 76.1 Å². The molecule has 1 saturated carbocycles. The van der Waals surface area contributed by atoms with Gasteiger partial charge in [0.05, 0.1) is 6.20 Å². The lowest BCUT2D eigenvalue weighted by molar-refractivity contribution is 0.148. The number of benzene rings is 2. The number of terminal acetylenes is 1. The number of aryl methyl sites for hydroxylation is 2. The first-order valence-electron chi connectivity index (χ1n) is 17.1. The summed E-state index contributed by atoms with van der Waals surface area (Å²) in [6.45, 7) is 21.7. The van der Waals surface area contributed by atoms with Gasteiger partial charge in [-0.05, 0) is 97.4 Å². The molecule has 3 aliphatic rings. The lowest BCUT2D eigenvalue weighted by Gasteiger charge is -2.33. The molecule has 2 fully saturated rings. The number of halogens is 1. The number of hydrogen-bond donors (Lipinski definition) is 0. The summed E-state index contributed by atoms with van der Waals surface area (Å²) in [5.41, 5.74) is 10.9. The number of likely N-dealkylation sites (N-methyl/N-ethyl adjacent to an activating group) is 1. The maximum absolute atomic E-state index is 15.1. The molecule has 2 unspecified atom stereocenters. The Balaban J connectivity index is 0.000000751. The minimum atomic E-state index is -0.234. The largest absolute Gasteiger partial charge is 0.304 e. The first kappa shape index (κ1) is 36.9. The van der Waals surface area contributed by atoms with Crippen molar-refractivity contribution in [2.24, 2.45) is 5.92 Å². The molecule has 1 saturated heterocycles. The Morgan fingerprint density at radius 2 is 1.67 bits per heavy atom. The van der Waals surface area contributed by atoms with Crippen molar-refractivity contribution in [2.45, 2.75) is 84.6 Å². The highest BCUT2D eigenvalue weighted by Crippen LogP contribution is 2.37. The monoisotopic (exact) mass is 621 g/mol. The van der Waals surface area contributed by atoms with E-state index in [-0.39, 0.29) is 5.82 Å². The molecule has 3 aromatic rings. The summed E-state index contributed by atoms with van der Waals surface area (Å²) in [5, 5.41) is 0. The fourth-order valence-electron chi connectivity index (χ4n) is 6.14. The second-order valence-electron chi connectivity index (χ2n) is 13.1. The molecular formula is C42H56FN3. The SMILES string of the molecule is C#C.C1CC1.C=C.C=C(C)C(C)Cc1ccc2c(c1)CC(c1ccc(-c3cc(CC)ncc3F)c(CN3CCN(C)CC3)c1)CC2. The van der Waals surface area contributed by atoms with Crippen LogP contribution in [0.1, 0.15) is 85.9 Å². The molecule has 2 atom stereocenters. The maximum atomic E-state index is 15.1. The van der Waals surface area contributed by atoms with Gasteiger partial charge in [0.2, 0.25) is 0 Å². The zero-order chi connectivity index (χ0) is 33.6. The van der Waals surface area contributed by atoms with Crippen LogP contribution in [-0.4, -0.2) is 48.0 Å². The maximum Gasteiger partial charge on any atom is 0.149 e. The van der Waals surface area contributed by atoms with Gasteiger partial charge in [-0.15, -0.1) is 26.0 Å². The van der Waals surface area contributed by atoms with Crippen molar-refractivity contribution in [3.8, 4) is 24.0 Å². The molecule has 2 aliphatic carbocycles. The third-order valence-corrected chi connectivity index (χ3v) is 9.39. The van der Waals surface area contributed by atoms with Crippen LogP contribution in [0.2, 0.25) is 0 Å². The van der Waals surface area contributed by atoms with Gasteiger partial charge >= 0.3 is 0 Å². The van der Waals surface area contributed by atoms with Crippen molar-refractivity contribution < 1.29 is 4.39 Å². The molecule has 0 spiro atoms. The quantitative estimate of drug-likeness (QED) is 0.185. The Bertz CT molecular complexity index is 1430. The molecule has 2 heterocycles. The number of rotatable bonds is 8. The van der Waals surface area contributed by atoms with Crippen molar-refractivity contribution in [2.75, 3.05) is 33.2 Å². The smallest absolute Gasteiger partial charge is 0.149 e. The second kappa shape index (κ2) is 18.6. The summed E-state index contributed by atoms with van der Waals surface area (Å²) >= 11 is 0. The van der Waals surface area contributed by atoms with Crippen LogP contribution in [0.4, 0.5) is 4.39 Å². The third-order valence-electron chi connectivity index (χ3n) is 9.39. The summed E-state index contributed by atoms with van der Waals surface area (Å²) < 4.78 is 15.1. The molecule has 0 amide bonds. The van der Waals surface area contributed by atoms with Crippen molar-refractivity contribution in [1.29, 1.82) is 0 Å². The number of aromatic nitrogens is 1. The van der Waals surface area contributed by atoms with E-state index in [9.17, 15) is 0 Å². The first-order chi connectivity index (χ1) is 22.3. The molecule has 46 heavy (non-hydrogen) atoms. The van der Waals surface area contributed by atoms with Gasteiger partial charge in [-0.1, -0.05) is 81.7 Å². The fraction of sp³-hybridized carbons (Fsp3) is 0.452. The van der Waals surface area contributed by atoms with Gasteiger partial charge in [0.25, 0.3) is 0 Å². The van der Waals surface area contributed by atoms with Gasteiger partial charge < -0.3 is 4.90 Å². The highest BCUT2D eigenvalue weighted by atomic mass is 19.1. The van der Waals surface area contributed by atoms with Gasteiger partial charge in [0, 0.05) is 44.0 Å². The van der Waals surface area contributed by atoms with Crippen LogP contribution in [0, 0.1) is 24.6 Å². The van der Waals surface area contributed by atoms with E-state index in [0.29, 0.717) is 17.4 Å². The second-order valence-corrected chi connectivity index (χ2v) is 13.1. The van der Waals surface area contributed by atoms with Crippen LogP contribution < -0.4 is 0 Å². The molecule has 0 N–H and O–H groups in total. The molecule has 246 valence electrons. The van der Waals surface area contributed by atoms with E-state index in [4.69, 9.17) is 0 Å². The Morgan fingerprint density at radius 1 is 0.978 bits per heavy atom. The number of pyridine rings is 1. The van der Waals surface area contributed by atoms with E-state index in [1.165, 1.54) is 58.8 Å². The minimum absolute atomic E-state index is 0.234. The Kier molecular flexibility index (Phi) is 14.9. The zero-order valence-electron chi connectivity index (χ0n) is 29.0. The molecule has 4 heteroatoms. The van der Waals surface area contributed by atoms with Crippen molar-refractivity contribution in [3.63, 3.8) is 0 Å².